The molecule has 0 radical (unpaired) electrons. The number of carbonyl (C=O) groups is 1. The third kappa shape index (κ3) is 11.2. The van der Waals surface area contributed by atoms with E-state index in [-0.39, 0.29) is 0 Å². The van der Waals surface area contributed by atoms with Gasteiger partial charge in [0.1, 0.15) is 0 Å². The van der Waals surface area contributed by atoms with Gasteiger partial charge < -0.3 is 10.2 Å². The lowest BCUT2D eigenvalue weighted by atomic mass is 9.86. The van der Waals surface area contributed by atoms with Crippen LogP contribution in [0.1, 0.15) is 64.7 Å². The van der Waals surface area contributed by atoms with Crippen molar-refractivity contribution in [1.29, 1.82) is 0 Å². The molecule has 15 heavy (non-hydrogen) atoms. The van der Waals surface area contributed by atoms with Crippen molar-refractivity contribution < 1.29 is 15.0 Å². The van der Waals surface area contributed by atoms with Gasteiger partial charge in [-0.05, 0) is 5.92 Å². The van der Waals surface area contributed by atoms with Gasteiger partial charge in [-0.1, -0.05) is 64.7 Å². The van der Waals surface area contributed by atoms with Crippen molar-refractivity contribution in [3.63, 3.8) is 0 Å². The molecule has 1 fully saturated rings. The molecular weight excluding hydrogens is 192 g/mol. The first-order valence-electron chi connectivity index (χ1n) is 6.08. The minimum atomic E-state index is -1.83. The predicted molar refractivity (Wildman–Crippen MR) is 61.4 cm³/mol. The zero-order valence-electron chi connectivity index (χ0n) is 9.74. The van der Waals surface area contributed by atoms with Crippen molar-refractivity contribution in [3.8, 4) is 0 Å². The summed E-state index contributed by atoms with van der Waals surface area (Å²) in [7, 11) is 0. The zero-order chi connectivity index (χ0) is 11.5. The van der Waals surface area contributed by atoms with Gasteiger partial charge in [-0.15, -0.1) is 0 Å². The van der Waals surface area contributed by atoms with Gasteiger partial charge in [0, 0.05) is 0 Å². The summed E-state index contributed by atoms with van der Waals surface area (Å²) in [6.45, 7) is 2.29. The first kappa shape index (κ1) is 14.3. The maximum Gasteiger partial charge on any atom is 0.503 e. The van der Waals surface area contributed by atoms with Gasteiger partial charge in [0.05, 0.1) is 0 Å². The molecule has 0 aromatic carbocycles. The molecule has 0 bridgehead atoms. The normalized spacial score (nSPS) is 16.6. The molecule has 0 amide bonds. The van der Waals surface area contributed by atoms with E-state index < -0.39 is 6.16 Å². The highest BCUT2D eigenvalue weighted by Crippen LogP contribution is 2.27. The molecule has 90 valence electrons. The topological polar surface area (TPSA) is 57.5 Å². The maximum absolute atomic E-state index is 8.56. The Morgan fingerprint density at radius 3 is 2.13 bits per heavy atom. The lowest BCUT2D eigenvalue weighted by molar-refractivity contribution is 0.137. The second-order valence-electron chi connectivity index (χ2n) is 4.28. The SMILES string of the molecule is CCCCCC1CCCCC1.O=C(O)O. The lowest BCUT2D eigenvalue weighted by Gasteiger charge is -2.20. The summed E-state index contributed by atoms with van der Waals surface area (Å²) in [5.41, 5.74) is 0. The fraction of sp³-hybridized carbons (Fsp3) is 0.917. The van der Waals surface area contributed by atoms with Crippen molar-refractivity contribution in [2.24, 2.45) is 5.92 Å². The number of unbranched alkanes of at least 4 members (excludes halogenated alkanes) is 2. The van der Waals surface area contributed by atoms with E-state index in [2.05, 4.69) is 6.92 Å². The summed E-state index contributed by atoms with van der Waals surface area (Å²) in [6, 6.07) is 0. The van der Waals surface area contributed by atoms with Crippen LogP contribution in [0.3, 0.4) is 0 Å². The summed E-state index contributed by atoms with van der Waals surface area (Å²) < 4.78 is 0. The van der Waals surface area contributed by atoms with Crippen LogP contribution in [-0.4, -0.2) is 16.4 Å². The quantitative estimate of drug-likeness (QED) is 0.686. The van der Waals surface area contributed by atoms with Crippen molar-refractivity contribution in [2.75, 3.05) is 0 Å². The van der Waals surface area contributed by atoms with Crippen LogP contribution in [0.15, 0.2) is 0 Å². The Balaban J connectivity index is 0.000000423. The Hall–Kier alpha value is -0.730. The standard InChI is InChI=1S/C11H22.CH2O3/c1-2-3-5-8-11-9-6-4-7-10-11;2-1(3)4/h11H,2-10H2,1H3;(H2,2,3,4). The molecule has 0 saturated heterocycles. The Bertz CT molecular complexity index is 147. The van der Waals surface area contributed by atoms with Crippen molar-refractivity contribution in [2.45, 2.75) is 64.7 Å². The molecule has 0 aromatic rings. The number of hydrogen-bond acceptors (Lipinski definition) is 1. The first-order valence-corrected chi connectivity index (χ1v) is 6.08. The van der Waals surface area contributed by atoms with E-state index in [1.54, 1.807) is 0 Å². The molecule has 2 N–H and O–H groups in total. The summed E-state index contributed by atoms with van der Waals surface area (Å²) in [6.07, 6.45) is 11.6. The molecule has 0 aliphatic heterocycles. The van der Waals surface area contributed by atoms with E-state index in [0.29, 0.717) is 0 Å². The van der Waals surface area contributed by atoms with Crippen LogP contribution in [0.2, 0.25) is 0 Å². The Morgan fingerprint density at radius 1 is 1.13 bits per heavy atom. The van der Waals surface area contributed by atoms with Gasteiger partial charge in [-0.3, -0.25) is 0 Å². The van der Waals surface area contributed by atoms with E-state index in [9.17, 15) is 0 Å². The van der Waals surface area contributed by atoms with Crippen LogP contribution in [0.25, 0.3) is 0 Å². The third-order valence-electron chi connectivity index (χ3n) is 2.94. The molecule has 1 aliphatic carbocycles. The van der Waals surface area contributed by atoms with Gasteiger partial charge in [0.15, 0.2) is 0 Å². The highest BCUT2D eigenvalue weighted by Gasteiger charge is 2.11. The summed E-state index contributed by atoms with van der Waals surface area (Å²) >= 11 is 0. The highest BCUT2D eigenvalue weighted by molar-refractivity contribution is 5.53. The molecule has 1 saturated carbocycles. The lowest BCUT2D eigenvalue weighted by Crippen LogP contribution is -2.05. The average Bonchev–Trinajstić information content (AvgIpc) is 2.19. The highest BCUT2D eigenvalue weighted by atomic mass is 16.6. The monoisotopic (exact) mass is 216 g/mol. The smallest absolute Gasteiger partial charge is 0.450 e. The van der Waals surface area contributed by atoms with Crippen LogP contribution in [0, 0.1) is 5.92 Å². The van der Waals surface area contributed by atoms with Crippen LogP contribution < -0.4 is 0 Å². The molecule has 0 unspecified atom stereocenters. The predicted octanol–water partition coefficient (Wildman–Crippen LogP) is 4.37. The first-order chi connectivity index (χ1) is 7.16. The van der Waals surface area contributed by atoms with E-state index in [1.807, 2.05) is 0 Å². The molecule has 1 aliphatic rings. The summed E-state index contributed by atoms with van der Waals surface area (Å²) in [5, 5.41) is 13.9. The molecule has 0 aromatic heterocycles. The molecule has 0 heterocycles. The minimum absolute atomic E-state index is 1.11. The van der Waals surface area contributed by atoms with Gasteiger partial charge in [-0.2, -0.15) is 0 Å². The largest absolute Gasteiger partial charge is 0.503 e. The van der Waals surface area contributed by atoms with Crippen LogP contribution >= 0.6 is 0 Å². The molecule has 1 rings (SSSR count). The fourth-order valence-electron chi connectivity index (χ4n) is 2.16. The molecule has 3 heteroatoms. The maximum atomic E-state index is 8.56. The number of carboxylic acid groups (broad SMARTS) is 2. The van der Waals surface area contributed by atoms with E-state index in [0.717, 1.165) is 5.92 Å². The van der Waals surface area contributed by atoms with Gasteiger partial charge in [0.25, 0.3) is 0 Å². The number of hydrogen-bond donors (Lipinski definition) is 2. The average molecular weight is 216 g/mol. The Kier molecular flexibility index (Phi) is 9.33. The van der Waals surface area contributed by atoms with Gasteiger partial charge in [-0.25, -0.2) is 4.79 Å². The summed E-state index contributed by atoms with van der Waals surface area (Å²) in [5.74, 6) is 1.11. The van der Waals surface area contributed by atoms with Crippen molar-refractivity contribution in [3.05, 3.63) is 0 Å². The Labute approximate surface area is 92.5 Å². The molecule has 3 nitrogen and oxygen atoms in total. The molecule has 0 atom stereocenters. The molecular formula is C12H24O3. The van der Waals surface area contributed by atoms with Gasteiger partial charge >= 0.3 is 6.16 Å². The van der Waals surface area contributed by atoms with E-state index >= 15 is 0 Å². The fourth-order valence-corrected chi connectivity index (χ4v) is 2.16. The van der Waals surface area contributed by atoms with E-state index in [4.69, 9.17) is 15.0 Å². The second kappa shape index (κ2) is 9.81. The van der Waals surface area contributed by atoms with Gasteiger partial charge in [0.2, 0.25) is 0 Å². The van der Waals surface area contributed by atoms with E-state index in [1.165, 1.54) is 57.8 Å². The van der Waals surface area contributed by atoms with Crippen LogP contribution in [0.4, 0.5) is 4.79 Å². The minimum Gasteiger partial charge on any atom is -0.450 e. The summed E-state index contributed by atoms with van der Waals surface area (Å²) in [4.78, 5) is 8.56. The second-order valence-corrected chi connectivity index (χ2v) is 4.28. The Morgan fingerprint density at radius 2 is 1.67 bits per heavy atom. The van der Waals surface area contributed by atoms with Crippen molar-refractivity contribution in [1.82, 2.24) is 0 Å². The van der Waals surface area contributed by atoms with Crippen LogP contribution in [-0.2, 0) is 0 Å². The number of rotatable bonds is 4. The molecule has 0 spiro atoms. The zero-order valence-corrected chi connectivity index (χ0v) is 9.74. The third-order valence-corrected chi connectivity index (χ3v) is 2.94. The van der Waals surface area contributed by atoms with Crippen LogP contribution in [0.5, 0.6) is 0 Å². The van der Waals surface area contributed by atoms with Crippen molar-refractivity contribution >= 4 is 6.16 Å².